The minimum atomic E-state index is 0.000575. The quantitative estimate of drug-likeness (QED) is 0.524. The fourth-order valence-electron chi connectivity index (χ4n) is 3.91. The number of para-hydroxylation sites is 1. The van der Waals surface area contributed by atoms with Crippen molar-refractivity contribution in [2.24, 2.45) is 5.18 Å². The van der Waals surface area contributed by atoms with Gasteiger partial charge in [-0.15, -0.1) is 5.10 Å². The Hall–Kier alpha value is -3.54. The maximum absolute atomic E-state index is 11.0. The first-order valence-corrected chi connectivity index (χ1v) is 8.90. The van der Waals surface area contributed by atoms with Crippen molar-refractivity contribution in [1.29, 1.82) is 0 Å². The third-order valence-corrected chi connectivity index (χ3v) is 5.10. The average Bonchev–Trinajstić information content (AvgIpc) is 3.07. The summed E-state index contributed by atoms with van der Waals surface area (Å²) < 4.78 is 0. The van der Waals surface area contributed by atoms with Crippen LogP contribution in [0.4, 0.5) is 5.69 Å². The molecule has 0 radical (unpaired) electrons. The summed E-state index contributed by atoms with van der Waals surface area (Å²) in [5, 5.41) is 16.3. The van der Waals surface area contributed by atoms with Crippen molar-refractivity contribution in [2.45, 2.75) is 19.0 Å². The lowest BCUT2D eigenvalue weighted by atomic mass is 9.96. The Morgan fingerprint density at radius 1 is 1.00 bits per heavy atom. The highest BCUT2D eigenvalue weighted by molar-refractivity contribution is 6.01. The number of aromatic amines is 1. The van der Waals surface area contributed by atoms with Crippen LogP contribution in [0.3, 0.4) is 0 Å². The zero-order chi connectivity index (χ0) is 18.2. The first-order valence-electron chi connectivity index (χ1n) is 8.90. The highest BCUT2D eigenvalue weighted by Gasteiger charge is 2.27. The van der Waals surface area contributed by atoms with Crippen molar-refractivity contribution in [3.05, 3.63) is 82.5 Å². The molecule has 5 rings (SSSR count). The molecule has 3 heterocycles. The SMILES string of the molecule is O=NCc1nnc2[nH]cc3c2c1-c1ccccc1NC3Cc1ccccc1. The van der Waals surface area contributed by atoms with Crippen LogP contribution in [0.5, 0.6) is 0 Å². The van der Waals surface area contributed by atoms with Gasteiger partial charge in [0.25, 0.3) is 0 Å². The van der Waals surface area contributed by atoms with E-state index in [9.17, 15) is 4.91 Å². The van der Waals surface area contributed by atoms with Gasteiger partial charge in [-0.25, -0.2) is 0 Å². The number of aromatic nitrogens is 3. The largest absolute Gasteiger partial charge is 0.377 e. The van der Waals surface area contributed by atoms with Crippen molar-refractivity contribution >= 4 is 16.7 Å². The van der Waals surface area contributed by atoms with Gasteiger partial charge in [0.1, 0.15) is 6.54 Å². The smallest absolute Gasteiger partial charge is 0.160 e. The second kappa shape index (κ2) is 6.32. The zero-order valence-corrected chi connectivity index (χ0v) is 14.5. The summed E-state index contributed by atoms with van der Waals surface area (Å²) in [5.74, 6) is 0. The molecule has 0 amide bonds. The molecular weight excluding hydrogens is 338 g/mol. The van der Waals surface area contributed by atoms with Crippen LogP contribution in [0.25, 0.3) is 22.2 Å². The fraction of sp³-hybridized carbons (Fsp3) is 0.143. The van der Waals surface area contributed by atoms with Gasteiger partial charge in [0.05, 0.1) is 11.7 Å². The number of nitrogens with zero attached hydrogens (tertiary/aromatic N) is 3. The molecular formula is C21H17N5O. The molecule has 0 fully saturated rings. The van der Waals surface area contributed by atoms with E-state index >= 15 is 0 Å². The Morgan fingerprint density at radius 3 is 2.67 bits per heavy atom. The molecule has 2 aromatic carbocycles. The molecule has 0 saturated carbocycles. The van der Waals surface area contributed by atoms with E-state index < -0.39 is 0 Å². The summed E-state index contributed by atoms with van der Waals surface area (Å²) in [5.41, 5.74) is 6.70. The summed E-state index contributed by atoms with van der Waals surface area (Å²) in [4.78, 5) is 14.2. The van der Waals surface area contributed by atoms with Crippen molar-refractivity contribution in [1.82, 2.24) is 15.2 Å². The van der Waals surface area contributed by atoms with E-state index in [1.165, 1.54) is 5.56 Å². The lowest BCUT2D eigenvalue weighted by Gasteiger charge is -2.19. The number of anilines is 1. The molecule has 132 valence electrons. The van der Waals surface area contributed by atoms with Crippen molar-refractivity contribution in [3.63, 3.8) is 0 Å². The molecule has 1 unspecified atom stereocenters. The van der Waals surface area contributed by atoms with E-state index in [2.05, 4.69) is 62.1 Å². The van der Waals surface area contributed by atoms with Crippen LogP contribution in [0, 0.1) is 4.91 Å². The minimum Gasteiger partial charge on any atom is -0.377 e. The fourth-order valence-corrected chi connectivity index (χ4v) is 3.91. The summed E-state index contributed by atoms with van der Waals surface area (Å²) in [7, 11) is 0. The van der Waals surface area contributed by atoms with E-state index in [4.69, 9.17) is 0 Å². The predicted octanol–water partition coefficient (Wildman–Crippen LogP) is 4.60. The molecule has 27 heavy (non-hydrogen) atoms. The standard InChI is InChI=1S/C21H17N5O/c27-23-12-18-19-14-8-4-5-9-16(14)24-17(10-13-6-2-1-3-7-13)15-11-22-21(20(15)19)26-25-18/h1-9,11,17,24H,10,12H2,(H,22,26). The Balaban J connectivity index is 1.76. The molecule has 4 aromatic rings. The van der Waals surface area contributed by atoms with Crippen molar-refractivity contribution in [2.75, 3.05) is 5.32 Å². The van der Waals surface area contributed by atoms with E-state index in [-0.39, 0.29) is 12.6 Å². The number of benzene rings is 2. The van der Waals surface area contributed by atoms with E-state index in [1.807, 2.05) is 24.4 Å². The number of hydrogen-bond donors (Lipinski definition) is 2. The lowest BCUT2D eigenvalue weighted by molar-refractivity contribution is 0.784. The van der Waals surface area contributed by atoms with Gasteiger partial charge in [-0.1, -0.05) is 53.7 Å². The molecule has 0 saturated heterocycles. The van der Waals surface area contributed by atoms with Gasteiger partial charge in [-0.2, -0.15) is 10.0 Å². The van der Waals surface area contributed by atoms with Gasteiger partial charge in [0.15, 0.2) is 5.65 Å². The molecule has 0 bridgehead atoms. The highest BCUT2D eigenvalue weighted by Crippen LogP contribution is 2.43. The van der Waals surface area contributed by atoms with Gasteiger partial charge in [0, 0.05) is 34.0 Å². The predicted molar refractivity (Wildman–Crippen MR) is 105 cm³/mol. The Morgan fingerprint density at radius 2 is 1.81 bits per heavy atom. The van der Waals surface area contributed by atoms with Crippen LogP contribution in [0.2, 0.25) is 0 Å². The number of rotatable bonds is 4. The highest BCUT2D eigenvalue weighted by atomic mass is 16.3. The first-order chi connectivity index (χ1) is 13.3. The molecule has 1 aliphatic rings. The first kappa shape index (κ1) is 15.7. The normalized spacial score (nSPS) is 15.0. The van der Waals surface area contributed by atoms with Gasteiger partial charge < -0.3 is 10.3 Å². The van der Waals surface area contributed by atoms with Gasteiger partial charge in [-0.3, -0.25) is 0 Å². The topological polar surface area (TPSA) is 83.0 Å². The average molecular weight is 355 g/mol. The van der Waals surface area contributed by atoms with Gasteiger partial charge in [0.2, 0.25) is 0 Å². The molecule has 6 heteroatoms. The maximum atomic E-state index is 11.0. The molecule has 1 aliphatic heterocycles. The summed E-state index contributed by atoms with van der Waals surface area (Å²) in [6.45, 7) is 0.000575. The van der Waals surface area contributed by atoms with Crippen molar-refractivity contribution < 1.29 is 0 Å². The molecule has 0 spiro atoms. The van der Waals surface area contributed by atoms with Crippen molar-refractivity contribution in [3.8, 4) is 11.1 Å². The molecule has 0 aliphatic carbocycles. The summed E-state index contributed by atoms with van der Waals surface area (Å²) >= 11 is 0. The van der Waals surface area contributed by atoms with E-state index in [1.54, 1.807) is 0 Å². The van der Waals surface area contributed by atoms with Crippen LogP contribution >= 0.6 is 0 Å². The lowest BCUT2D eigenvalue weighted by Crippen LogP contribution is -2.12. The third-order valence-electron chi connectivity index (χ3n) is 5.10. The summed E-state index contributed by atoms with van der Waals surface area (Å²) in [6.07, 6.45) is 2.83. The number of hydrogen-bond acceptors (Lipinski definition) is 5. The Bertz CT molecular complexity index is 1140. The monoisotopic (exact) mass is 355 g/mol. The van der Waals surface area contributed by atoms with Crippen LogP contribution in [0.15, 0.2) is 66.0 Å². The zero-order valence-electron chi connectivity index (χ0n) is 14.5. The molecule has 6 nitrogen and oxygen atoms in total. The number of nitroso groups, excluding NO2 is 1. The molecule has 1 atom stereocenters. The van der Waals surface area contributed by atoms with Gasteiger partial charge in [-0.05, 0) is 18.1 Å². The third kappa shape index (κ3) is 2.57. The summed E-state index contributed by atoms with van der Waals surface area (Å²) in [6, 6.07) is 18.6. The van der Waals surface area contributed by atoms with Crippen LogP contribution in [-0.2, 0) is 13.0 Å². The second-order valence-corrected chi connectivity index (χ2v) is 6.71. The molecule has 2 aromatic heterocycles. The number of nitrogens with one attached hydrogen (secondary N) is 2. The van der Waals surface area contributed by atoms with Gasteiger partial charge >= 0.3 is 0 Å². The van der Waals surface area contributed by atoms with E-state index in [0.29, 0.717) is 5.69 Å². The van der Waals surface area contributed by atoms with E-state index in [0.717, 1.165) is 39.8 Å². The minimum absolute atomic E-state index is 0.000575. The Labute approximate surface area is 155 Å². The van der Waals surface area contributed by atoms with Crippen LogP contribution in [-0.4, -0.2) is 15.2 Å². The Kier molecular flexibility index (Phi) is 3.67. The number of H-pyrrole nitrogens is 1. The van der Waals surface area contributed by atoms with Crippen LogP contribution in [0.1, 0.15) is 22.9 Å². The maximum Gasteiger partial charge on any atom is 0.160 e. The molecule has 2 N–H and O–H groups in total. The van der Waals surface area contributed by atoms with Crippen LogP contribution < -0.4 is 5.32 Å². The second-order valence-electron chi connectivity index (χ2n) is 6.71. The number of fused-ring (bicyclic) bond motifs is 2.